The molecule has 1 rings (SSSR count). The van der Waals surface area contributed by atoms with E-state index in [0.717, 1.165) is 5.76 Å². The van der Waals surface area contributed by atoms with Gasteiger partial charge in [-0.05, 0) is 18.0 Å². The predicted molar refractivity (Wildman–Crippen MR) is 48.6 cm³/mol. The third-order valence-corrected chi connectivity index (χ3v) is 2.03. The van der Waals surface area contributed by atoms with E-state index in [4.69, 9.17) is 19.5 Å². The van der Waals surface area contributed by atoms with Gasteiger partial charge in [-0.2, -0.15) is 0 Å². The molecule has 0 aromatic heterocycles. The van der Waals surface area contributed by atoms with Gasteiger partial charge in [0, 0.05) is 6.42 Å². The SMILES string of the molecule is COC1=C(OC)CCC(B(O)O)=C1. The van der Waals surface area contributed by atoms with Crippen LogP contribution in [0.25, 0.3) is 0 Å². The van der Waals surface area contributed by atoms with Gasteiger partial charge in [-0.15, -0.1) is 0 Å². The predicted octanol–water partition coefficient (Wildman–Crippen LogP) is 0.223. The Morgan fingerprint density at radius 2 is 1.92 bits per heavy atom. The summed E-state index contributed by atoms with van der Waals surface area (Å²) in [5.41, 5.74) is 0.553. The van der Waals surface area contributed by atoms with E-state index < -0.39 is 7.12 Å². The summed E-state index contributed by atoms with van der Waals surface area (Å²) in [6, 6.07) is 0. The van der Waals surface area contributed by atoms with Crippen molar-refractivity contribution in [1.82, 2.24) is 0 Å². The molecule has 1 aliphatic carbocycles. The first-order chi connectivity index (χ1) is 6.19. The third kappa shape index (κ3) is 2.26. The molecular formula is C8H13BO4. The van der Waals surface area contributed by atoms with Crippen molar-refractivity contribution >= 4 is 7.12 Å². The topological polar surface area (TPSA) is 58.9 Å². The van der Waals surface area contributed by atoms with Crippen molar-refractivity contribution in [2.75, 3.05) is 14.2 Å². The van der Waals surface area contributed by atoms with E-state index in [0.29, 0.717) is 24.1 Å². The minimum Gasteiger partial charge on any atom is -0.497 e. The summed E-state index contributed by atoms with van der Waals surface area (Å²) in [6.07, 6.45) is 2.84. The van der Waals surface area contributed by atoms with Crippen LogP contribution in [0, 0.1) is 0 Å². The Kier molecular flexibility index (Phi) is 3.39. The molecule has 2 N–H and O–H groups in total. The van der Waals surface area contributed by atoms with Crippen LogP contribution >= 0.6 is 0 Å². The molecule has 0 amide bonds. The summed E-state index contributed by atoms with van der Waals surface area (Å²) >= 11 is 0. The van der Waals surface area contributed by atoms with Crippen molar-refractivity contribution in [2.45, 2.75) is 12.8 Å². The average molecular weight is 184 g/mol. The third-order valence-electron chi connectivity index (χ3n) is 2.03. The molecule has 0 radical (unpaired) electrons. The molecule has 0 spiro atoms. The van der Waals surface area contributed by atoms with E-state index in [1.54, 1.807) is 13.2 Å². The lowest BCUT2D eigenvalue weighted by Crippen LogP contribution is -2.18. The lowest BCUT2D eigenvalue weighted by Gasteiger charge is -2.17. The molecule has 0 aliphatic heterocycles. The van der Waals surface area contributed by atoms with Crippen molar-refractivity contribution in [3.05, 3.63) is 23.1 Å². The maximum atomic E-state index is 8.92. The zero-order chi connectivity index (χ0) is 9.84. The standard InChI is InChI=1S/C8H13BO4/c1-12-7-4-3-6(9(10)11)5-8(7)13-2/h5,10-11H,3-4H2,1-2H3. The van der Waals surface area contributed by atoms with Crippen LogP contribution < -0.4 is 0 Å². The summed E-state index contributed by atoms with van der Waals surface area (Å²) in [4.78, 5) is 0. The second kappa shape index (κ2) is 4.34. The molecular weight excluding hydrogens is 171 g/mol. The van der Waals surface area contributed by atoms with Gasteiger partial charge in [-0.1, -0.05) is 0 Å². The second-order valence-corrected chi connectivity index (χ2v) is 2.79. The van der Waals surface area contributed by atoms with Crippen LogP contribution in [-0.2, 0) is 9.47 Å². The Labute approximate surface area is 77.6 Å². The van der Waals surface area contributed by atoms with Gasteiger partial charge in [-0.3, -0.25) is 0 Å². The van der Waals surface area contributed by atoms with Crippen LogP contribution in [0.3, 0.4) is 0 Å². The second-order valence-electron chi connectivity index (χ2n) is 2.79. The van der Waals surface area contributed by atoms with E-state index in [-0.39, 0.29) is 0 Å². The summed E-state index contributed by atoms with van der Waals surface area (Å²) in [5, 5.41) is 17.8. The van der Waals surface area contributed by atoms with Gasteiger partial charge in [0.05, 0.1) is 14.2 Å². The summed E-state index contributed by atoms with van der Waals surface area (Å²) < 4.78 is 10.1. The molecule has 0 saturated carbocycles. The number of methoxy groups -OCH3 is 2. The molecule has 0 atom stereocenters. The van der Waals surface area contributed by atoms with Crippen LogP contribution in [0.5, 0.6) is 0 Å². The van der Waals surface area contributed by atoms with Crippen LogP contribution in [0.4, 0.5) is 0 Å². The van der Waals surface area contributed by atoms with Crippen molar-refractivity contribution in [2.24, 2.45) is 0 Å². The van der Waals surface area contributed by atoms with Crippen molar-refractivity contribution in [1.29, 1.82) is 0 Å². The first kappa shape index (κ1) is 10.1. The fourth-order valence-electron chi connectivity index (χ4n) is 1.28. The molecule has 0 unspecified atom stereocenters. The minimum absolute atomic E-state index is 0.553. The summed E-state index contributed by atoms with van der Waals surface area (Å²) in [7, 11) is 1.70. The maximum Gasteiger partial charge on any atom is 0.484 e. The van der Waals surface area contributed by atoms with Crippen LogP contribution in [0.2, 0.25) is 0 Å². The lowest BCUT2D eigenvalue weighted by molar-refractivity contribution is 0.217. The zero-order valence-electron chi connectivity index (χ0n) is 7.78. The van der Waals surface area contributed by atoms with E-state index >= 15 is 0 Å². The average Bonchev–Trinajstić information content (AvgIpc) is 2.16. The van der Waals surface area contributed by atoms with Gasteiger partial charge < -0.3 is 19.5 Å². The Morgan fingerprint density at radius 3 is 2.38 bits per heavy atom. The van der Waals surface area contributed by atoms with Crippen molar-refractivity contribution in [3.63, 3.8) is 0 Å². The van der Waals surface area contributed by atoms with E-state index in [9.17, 15) is 0 Å². The van der Waals surface area contributed by atoms with E-state index in [2.05, 4.69) is 0 Å². The monoisotopic (exact) mass is 184 g/mol. The highest BCUT2D eigenvalue weighted by atomic mass is 16.5. The molecule has 72 valence electrons. The maximum absolute atomic E-state index is 8.92. The Bertz CT molecular complexity index is 245. The first-order valence-electron chi connectivity index (χ1n) is 4.06. The molecule has 1 aliphatic rings. The Balaban J connectivity index is 2.86. The Morgan fingerprint density at radius 1 is 1.23 bits per heavy atom. The Hall–Kier alpha value is -0.935. The van der Waals surface area contributed by atoms with Gasteiger partial charge in [0.15, 0.2) is 5.76 Å². The fraction of sp³-hybridized carbons (Fsp3) is 0.500. The fourth-order valence-corrected chi connectivity index (χ4v) is 1.28. The molecule has 4 nitrogen and oxygen atoms in total. The summed E-state index contributed by atoms with van der Waals surface area (Å²) in [6.45, 7) is 0. The highest BCUT2D eigenvalue weighted by Crippen LogP contribution is 2.24. The number of ether oxygens (including phenoxy) is 2. The van der Waals surface area contributed by atoms with Crippen LogP contribution in [0.15, 0.2) is 23.1 Å². The van der Waals surface area contributed by atoms with E-state index in [1.165, 1.54) is 7.11 Å². The summed E-state index contributed by atoms with van der Waals surface area (Å²) in [5.74, 6) is 1.31. The number of rotatable bonds is 3. The number of allylic oxidation sites excluding steroid dienone is 3. The molecule has 0 saturated heterocycles. The molecule has 0 aromatic rings. The van der Waals surface area contributed by atoms with Crippen LogP contribution in [-0.4, -0.2) is 31.4 Å². The van der Waals surface area contributed by atoms with Crippen molar-refractivity contribution in [3.8, 4) is 0 Å². The van der Waals surface area contributed by atoms with Gasteiger partial charge in [0.2, 0.25) is 0 Å². The number of hydrogen-bond donors (Lipinski definition) is 2. The van der Waals surface area contributed by atoms with Gasteiger partial charge in [0.1, 0.15) is 5.76 Å². The zero-order valence-corrected chi connectivity index (χ0v) is 7.78. The number of hydrogen-bond acceptors (Lipinski definition) is 4. The smallest absolute Gasteiger partial charge is 0.484 e. The van der Waals surface area contributed by atoms with Gasteiger partial charge >= 0.3 is 7.12 Å². The molecule has 5 heteroatoms. The highest BCUT2D eigenvalue weighted by molar-refractivity contribution is 6.50. The van der Waals surface area contributed by atoms with Gasteiger partial charge in [-0.25, -0.2) is 0 Å². The molecule has 0 fully saturated rings. The van der Waals surface area contributed by atoms with E-state index in [1.807, 2.05) is 0 Å². The normalized spacial score (nSPS) is 16.8. The first-order valence-corrected chi connectivity index (χ1v) is 4.06. The van der Waals surface area contributed by atoms with Crippen LogP contribution in [0.1, 0.15) is 12.8 Å². The largest absolute Gasteiger partial charge is 0.497 e. The minimum atomic E-state index is -1.40. The molecule has 0 aromatic carbocycles. The molecule has 0 heterocycles. The van der Waals surface area contributed by atoms with Gasteiger partial charge in [0.25, 0.3) is 0 Å². The highest BCUT2D eigenvalue weighted by Gasteiger charge is 2.21. The lowest BCUT2D eigenvalue weighted by atomic mass is 9.74. The molecule has 0 bridgehead atoms. The van der Waals surface area contributed by atoms with Crippen molar-refractivity contribution < 1.29 is 19.5 Å². The molecule has 13 heavy (non-hydrogen) atoms. The quantitative estimate of drug-likeness (QED) is 0.616.